The van der Waals surface area contributed by atoms with Gasteiger partial charge in [0.25, 0.3) is 0 Å². The van der Waals surface area contributed by atoms with E-state index in [4.69, 9.17) is 16.5 Å². The quantitative estimate of drug-likeness (QED) is 0.642. The lowest BCUT2D eigenvalue weighted by molar-refractivity contribution is 0.355. The molecule has 9 heteroatoms. The van der Waals surface area contributed by atoms with Crippen LogP contribution in [0.4, 0.5) is 0 Å². The van der Waals surface area contributed by atoms with Gasteiger partial charge >= 0.3 is 27.9 Å². The normalized spacial score (nSPS) is 12.8. The monoisotopic (exact) mass is 309 g/mol. The van der Waals surface area contributed by atoms with Gasteiger partial charge in [-0.05, 0) is 45.8 Å². The summed E-state index contributed by atoms with van der Waals surface area (Å²) in [5, 5.41) is 0. The molecule has 0 spiro atoms. The first kappa shape index (κ1) is 16.9. The maximum atomic E-state index is 5.75. The topological polar surface area (TPSA) is 36.9 Å². The summed E-state index contributed by atoms with van der Waals surface area (Å²) in [4.78, 5) is 0. The molecule has 0 aliphatic carbocycles. The van der Waals surface area contributed by atoms with Gasteiger partial charge < -0.3 is 16.5 Å². The van der Waals surface area contributed by atoms with Gasteiger partial charge in [-0.15, -0.1) is 0 Å². The number of hydrogen-bond donors (Lipinski definition) is 0. The van der Waals surface area contributed by atoms with Crippen LogP contribution in [0, 0.1) is 0 Å². The molecule has 0 N–H and O–H groups in total. The van der Waals surface area contributed by atoms with E-state index in [0.29, 0.717) is 0 Å². The molecule has 0 aromatic carbocycles. The van der Waals surface area contributed by atoms with Gasteiger partial charge in [-0.25, -0.2) is 0 Å². The minimum atomic E-state index is -1.20. The van der Waals surface area contributed by atoms with Crippen LogP contribution < -0.4 is 0 Å². The molecule has 0 unspecified atom stereocenters. The molecule has 0 fully saturated rings. The van der Waals surface area contributed by atoms with Gasteiger partial charge in [0.15, 0.2) is 18.1 Å². The van der Waals surface area contributed by atoms with E-state index in [1.54, 1.807) is 0 Å². The van der Waals surface area contributed by atoms with Crippen molar-refractivity contribution < 1.29 is 16.5 Å². The molecule has 4 nitrogen and oxygen atoms in total. The molecule has 0 aliphatic rings. The second-order valence-corrected chi connectivity index (χ2v) is 13.5. The molecular formula is C7H21O4Si5. The maximum Gasteiger partial charge on any atom is 0.362 e. The Balaban J connectivity index is 3.75. The summed E-state index contributed by atoms with van der Waals surface area (Å²) in [6, 6.07) is 0. The zero-order chi connectivity index (χ0) is 12.7. The lowest BCUT2D eigenvalue weighted by atomic mass is 11.9. The molecule has 0 saturated carbocycles. The molecule has 5 radical (unpaired) electrons. The second-order valence-electron chi connectivity index (χ2n) is 3.70. The van der Waals surface area contributed by atoms with Crippen LogP contribution in [-0.2, 0) is 16.5 Å². The standard InChI is InChI=1S/C7H21O4Si5/c1-12(2)8-14(5)10-16(7)11-15(6)9-13(3)4/h1-7H3. The Kier molecular flexibility index (Phi) is 9.45. The summed E-state index contributed by atoms with van der Waals surface area (Å²) in [6.07, 6.45) is 0. The minimum absolute atomic E-state index is 0.662. The van der Waals surface area contributed by atoms with Crippen molar-refractivity contribution in [1.29, 1.82) is 0 Å². The van der Waals surface area contributed by atoms with Gasteiger partial charge in [-0.2, -0.15) is 0 Å². The zero-order valence-electron chi connectivity index (χ0n) is 11.1. The highest BCUT2D eigenvalue weighted by atomic mass is 28.4. The van der Waals surface area contributed by atoms with E-state index in [2.05, 4.69) is 26.2 Å². The van der Waals surface area contributed by atoms with Crippen molar-refractivity contribution in [2.24, 2.45) is 0 Å². The van der Waals surface area contributed by atoms with Crippen molar-refractivity contribution in [2.45, 2.75) is 45.8 Å². The van der Waals surface area contributed by atoms with Crippen LogP contribution in [0.5, 0.6) is 0 Å². The van der Waals surface area contributed by atoms with Crippen LogP contribution >= 0.6 is 0 Å². The smallest absolute Gasteiger partial charge is 0.362 e. The number of hydrogen-bond acceptors (Lipinski definition) is 4. The highest BCUT2D eigenvalue weighted by Crippen LogP contribution is 2.01. The van der Waals surface area contributed by atoms with E-state index in [0.717, 1.165) is 0 Å². The maximum absolute atomic E-state index is 5.75. The van der Waals surface area contributed by atoms with Crippen LogP contribution in [0.3, 0.4) is 0 Å². The third-order valence-electron chi connectivity index (χ3n) is 1.27. The summed E-state index contributed by atoms with van der Waals surface area (Å²) in [7, 11) is -4.78. The van der Waals surface area contributed by atoms with Crippen LogP contribution in [0.15, 0.2) is 0 Å². The first-order valence-electron chi connectivity index (χ1n) is 5.13. The van der Waals surface area contributed by atoms with Crippen molar-refractivity contribution in [3.8, 4) is 0 Å². The highest BCUT2D eigenvalue weighted by molar-refractivity contribution is 6.69. The van der Waals surface area contributed by atoms with Crippen molar-refractivity contribution in [3.63, 3.8) is 0 Å². The van der Waals surface area contributed by atoms with Crippen LogP contribution in [0.2, 0.25) is 45.8 Å². The number of rotatable bonds is 8. The molecule has 0 bridgehead atoms. The van der Waals surface area contributed by atoms with Crippen molar-refractivity contribution in [2.75, 3.05) is 0 Å². The Hall–Kier alpha value is 0.924. The first-order valence-corrected chi connectivity index (χ1v) is 15.4. The summed E-state index contributed by atoms with van der Waals surface area (Å²) in [5.41, 5.74) is 0. The molecule has 0 aliphatic heterocycles. The van der Waals surface area contributed by atoms with E-state index >= 15 is 0 Å². The van der Waals surface area contributed by atoms with Crippen molar-refractivity contribution in [1.82, 2.24) is 0 Å². The molecule has 93 valence electrons. The highest BCUT2D eigenvalue weighted by Gasteiger charge is 2.22. The Morgan fingerprint density at radius 3 is 0.938 bits per heavy atom. The average Bonchev–Trinajstić information content (AvgIpc) is 1.97. The molecule has 16 heavy (non-hydrogen) atoms. The Morgan fingerprint density at radius 2 is 0.688 bits per heavy atom. The van der Waals surface area contributed by atoms with Crippen LogP contribution in [0.1, 0.15) is 0 Å². The molecule has 0 heterocycles. The van der Waals surface area contributed by atoms with E-state index in [1.165, 1.54) is 0 Å². The van der Waals surface area contributed by atoms with E-state index in [1.807, 2.05) is 19.6 Å². The summed E-state index contributed by atoms with van der Waals surface area (Å²) in [5.74, 6) is 0. The van der Waals surface area contributed by atoms with Gasteiger partial charge in [-0.3, -0.25) is 0 Å². The second kappa shape index (κ2) is 8.93. The molecular weight excluding hydrogens is 289 g/mol. The Morgan fingerprint density at radius 1 is 0.438 bits per heavy atom. The van der Waals surface area contributed by atoms with Gasteiger partial charge in [0, 0.05) is 0 Å². The summed E-state index contributed by atoms with van der Waals surface area (Å²) >= 11 is 0. The molecule has 0 aromatic heterocycles. The Bertz CT molecular complexity index is 164. The lowest BCUT2D eigenvalue weighted by Crippen LogP contribution is -2.37. The van der Waals surface area contributed by atoms with Crippen LogP contribution in [-0.4, -0.2) is 45.9 Å². The predicted octanol–water partition coefficient (Wildman–Crippen LogP) is 1.91. The van der Waals surface area contributed by atoms with Gasteiger partial charge in [0.2, 0.25) is 0 Å². The van der Waals surface area contributed by atoms with Crippen molar-refractivity contribution >= 4 is 45.9 Å². The zero-order valence-corrected chi connectivity index (χ0v) is 16.1. The molecule has 0 amide bonds. The summed E-state index contributed by atoms with van der Waals surface area (Å²) < 4.78 is 22.9. The SMILES string of the molecule is C[Si](C)O[Si](C)O[Si](C)O[Si](C)O[Si](C)C. The van der Waals surface area contributed by atoms with Gasteiger partial charge in [-0.1, -0.05) is 0 Å². The summed E-state index contributed by atoms with van der Waals surface area (Å²) in [6.45, 7) is 14.5. The molecule has 0 aromatic rings. The molecule has 0 saturated heterocycles. The fraction of sp³-hybridized carbons (Fsp3) is 1.00. The van der Waals surface area contributed by atoms with Gasteiger partial charge in [0.05, 0.1) is 0 Å². The van der Waals surface area contributed by atoms with Crippen LogP contribution in [0.25, 0.3) is 0 Å². The Labute approximate surface area is 108 Å². The largest absolute Gasteiger partial charge is 0.436 e. The van der Waals surface area contributed by atoms with E-state index < -0.39 is 45.9 Å². The van der Waals surface area contributed by atoms with Crippen molar-refractivity contribution in [3.05, 3.63) is 0 Å². The third-order valence-corrected chi connectivity index (χ3v) is 11.4. The average molecular weight is 310 g/mol. The first-order chi connectivity index (χ1) is 7.31. The van der Waals surface area contributed by atoms with E-state index in [9.17, 15) is 0 Å². The molecule has 0 atom stereocenters. The van der Waals surface area contributed by atoms with Gasteiger partial charge in [0.1, 0.15) is 0 Å². The fourth-order valence-electron chi connectivity index (χ4n) is 1.04. The van der Waals surface area contributed by atoms with E-state index in [-0.39, 0.29) is 0 Å². The minimum Gasteiger partial charge on any atom is -0.436 e. The lowest BCUT2D eigenvalue weighted by Gasteiger charge is -2.20. The molecule has 0 rings (SSSR count). The third kappa shape index (κ3) is 10.1. The predicted molar refractivity (Wildman–Crippen MR) is 74.2 cm³/mol. The fourth-order valence-corrected chi connectivity index (χ4v) is 10.5.